The molecule has 2 N–H and O–H groups in total. The third-order valence-corrected chi connectivity index (χ3v) is 4.34. The number of carbonyl (C=O) groups is 1. The van der Waals surface area contributed by atoms with Crippen LogP contribution in [0.2, 0.25) is 0 Å². The van der Waals surface area contributed by atoms with Crippen LogP contribution in [-0.4, -0.2) is 23.2 Å². The van der Waals surface area contributed by atoms with Gasteiger partial charge in [-0.1, -0.05) is 31.4 Å². The number of benzene rings is 1. The molecule has 0 heterocycles. The lowest BCUT2D eigenvalue weighted by Gasteiger charge is -2.31. The Bertz CT molecular complexity index is 478. The van der Waals surface area contributed by atoms with Crippen LogP contribution in [0.15, 0.2) is 24.3 Å². The minimum atomic E-state index is -0.805. The van der Waals surface area contributed by atoms with Crippen LogP contribution in [0.5, 0.6) is 5.75 Å². The molecule has 1 amide bonds. The molecule has 1 aliphatic carbocycles. The molecular formula is C18H27NO3. The maximum atomic E-state index is 12.2. The van der Waals surface area contributed by atoms with Gasteiger partial charge in [-0.05, 0) is 44.4 Å². The van der Waals surface area contributed by atoms with Crippen molar-refractivity contribution in [1.29, 1.82) is 0 Å². The lowest BCUT2D eigenvalue weighted by Crippen LogP contribution is -2.39. The van der Waals surface area contributed by atoms with Gasteiger partial charge in [0.25, 0.3) is 0 Å². The fourth-order valence-electron chi connectivity index (χ4n) is 3.08. The van der Waals surface area contributed by atoms with Crippen molar-refractivity contribution in [2.24, 2.45) is 0 Å². The number of amides is 1. The Hall–Kier alpha value is -1.55. The minimum Gasteiger partial charge on any atom is -0.494 e. The summed E-state index contributed by atoms with van der Waals surface area (Å²) in [6.07, 6.45) is 4.85. The van der Waals surface area contributed by atoms with E-state index in [1.54, 1.807) is 0 Å². The van der Waals surface area contributed by atoms with E-state index in [-0.39, 0.29) is 18.4 Å². The smallest absolute Gasteiger partial charge is 0.223 e. The normalized spacial score (nSPS) is 18.5. The van der Waals surface area contributed by atoms with Gasteiger partial charge in [-0.25, -0.2) is 0 Å². The van der Waals surface area contributed by atoms with E-state index in [2.05, 4.69) is 5.32 Å². The first kappa shape index (κ1) is 16.8. The van der Waals surface area contributed by atoms with Crippen molar-refractivity contribution in [3.63, 3.8) is 0 Å². The maximum absolute atomic E-state index is 12.2. The molecule has 1 saturated carbocycles. The molecule has 1 fully saturated rings. The van der Waals surface area contributed by atoms with E-state index in [1.807, 2.05) is 38.1 Å². The first-order valence-electron chi connectivity index (χ1n) is 8.27. The van der Waals surface area contributed by atoms with E-state index < -0.39 is 5.60 Å². The third kappa shape index (κ3) is 4.73. The van der Waals surface area contributed by atoms with Crippen LogP contribution in [0, 0.1) is 0 Å². The number of hydrogen-bond acceptors (Lipinski definition) is 3. The first-order valence-corrected chi connectivity index (χ1v) is 8.27. The van der Waals surface area contributed by atoms with Gasteiger partial charge in [-0.15, -0.1) is 0 Å². The van der Waals surface area contributed by atoms with Gasteiger partial charge in [0.15, 0.2) is 0 Å². The highest BCUT2D eigenvalue weighted by molar-refractivity contribution is 5.77. The highest BCUT2D eigenvalue weighted by atomic mass is 16.5. The molecular weight excluding hydrogens is 278 g/mol. The van der Waals surface area contributed by atoms with Crippen molar-refractivity contribution in [3.05, 3.63) is 29.8 Å². The predicted octanol–water partition coefficient (Wildman–Crippen LogP) is 3.35. The van der Waals surface area contributed by atoms with Crippen LogP contribution in [0.25, 0.3) is 0 Å². The van der Waals surface area contributed by atoms with Gasteiger partial charge in [-0.2, -0.15) is 0 Å². The summed E-state index contributed by atoms with van der Waals surface area (Å²) in [6.45, 7) is 4.55. The lowest BCUT2D eigenvalue weighted by molar-refractivity contribution is -0.128. The highest BCUT2D eigenvalue weighted by Gasteiger charge is 2.31. The van der Waals surface area contributed by atoms with E-state index >= 15 is 0 Å². The Morgan fingerprint density at radius 1 is 1.27 bits per heavy atom. The first-order chi connectivity index (χ1) is 10.5. The number of ether oxygens (including phenoxy) is 1. The number of carbonyl (C=O) groups excluding carboxylic acids is 1. The van der Waals surface area contributed by atoms with Crippen LogP contribution in [-0.2, 0) is 4.79 Å². The predicted molar refractivity (Wildman–Crippen MR) is 86.8 cm³/mol. The molecule has 0 spiro atoms. The van der Waals surface area contributed by atoms with E-state index in [4.69, 9.17) is 4.74 Å². The van der Waals surface area contributed by atoms with Gasteiger partial charge in [0, 0.05) is 0 Å². The summed E-state index contributed by atoms with van der Waals surface area (Å²) in [6, 6.07) is 7.68. The second-order valence-electron chi connectivity index (χ2n) is 6.25. The van der Waals surface area contributed by atoms with E-state index in [1.165, 1.54) is 0 Å². The molecule has 1 unspecified atom stereocenters. The maximum Gasteiger partial charge on any atom is 0.223 e. The number of nitrogens with one attached hydrogen (secondary N) is 1. The molecule has 22 heavy (non-hydrogen) atoms. The molecule has 0 bridgehead atoms. The van der Waals surface area contributed by atoms with E-state index in [0.29, 0.717) is 6.61 Å². The summed E-state index contributed by atoms with van der Waals surface area (Å²) in [5.41, 5.74) is 0.230. The summed E-state index contributed by atoms with van der Waals surface area (Å²) < 4.78 is 5.42. The molecule has 0 radical (unpaired) electrons. The molecule has 1 aliphatic rings. The fourth-order valence-corrected chi connectivity index (χ4v) is 3.08. The Balaban J connectivity index is 1.87. The molecule has 2 rings (SSSR count). The molecule has 122 valence electrons. The number of rotatable bonds is 6. The topological polar surface area (TPSA) is 58.6 Å². The van der Waals surface area contributed by atoms with Crippen LogP contribution in [0.4, 0.5) is 0 Å². The Labute approximate surface area is 132 Å². The van der Waals surface area contributed by atoms with Crippen molar-refractivity contribution in [1.82, 2.24) is 5.32 Å². The van der Waals surface area contributed by atoms with Gasteiger partial charge in [0.1, 0.15) is 5.75 Å². The van der Waals surface area contributed by atoms with Crippen LogP contribution in [0.3, 0.4) is 0 Å². The average Bonchev–Trinajstić information content (AvgIpc) is 2.48. The molecule has 1 aromatic rings. The second-order valence-corrected chi connectivity index (χ2v) is 6.25. The van der Waals surface area contributed by atoms with Crippen LogP contribution < -0.4 is 10.1 Å². The summed E-state index contributed by atoms with van der Waals surface area (Å²) in [5.74, 6) is 0.757. The van der Waals surface area contributed by atoms with Crippen LogP contribution in [0.1, 0.15) is 64.0 Å². The molecule has 0 aromatic heterocycles. The second kappa shape index (κ2) is 7.63. The minimum absolute atomic E-state index is 0.0737. The van der Waals surface area contributed by atoms with E-state index in [0.717, 1.165) is 43.4 Å². The molecule has 1 atom stereocenters. The molecule has 1 aromatic carbocycles. The Morgan fingerprint density at radius 3 is 2.50 bits per heavy atom. The van der Waals surface area contributed by atoms with Crippen molar-refractivity contribution < 1.29 is 14.6 Å². The molecule has 0 saturated heterocycles. The largest absolute Gasteiger partial charge is 0.494 e. The van der Waals surface area contributed by atoms with Gasteiger partial charge >= 0.3 is 0 Å². The Kier molecular flexibility index (Phi) is 5.83. The summed E-state index contributed by atoms with van der Waals surface area (Å²) in [7, 11) is 0. The average molecular weight is 305 g/mol. The zero-order chi connectivity index (χ0) is 16.0. The lowest BCUT2D eigenvalue weighted by atomic mass is 9.82. The highest BCUT2D eigenvalue weighted by Crippen LogP contribution is 2.31. The quantitative estimate of drug-likeness (QED) is 0.847. The van der Waals surface area contributed by atoms with Crippen molar-refractivity contribution in [3.8, 4) is 5.75 Å². The monoisotopic (exact) mass is 305 g/mol. The molecule has 0 aliphatic heterocycles. The number of hydrogen-bond donors (Lipinski definition) is 2. The van der Waals surface area contributed by atoms with Gasteiger partial charge in [0.2, 0.25) is 5.91 Å². The Morgan fingerprint density at radius 2 is 1.91 bits per heavy atom. The third-order valence-electron chi connectivity index (χ3n) is 4.34. The molecule has 4 heteroatoms. The van der Waals surface area contributed by atoms with Crippen molar-refractivity contribution in [2.75, 3.05) is 6.61 Å². The van der Waals surface area contributed by atoms with Gasteiger partial charge in [-0.3, -0.25) is 4.79 Å². The summed E-state index contributed by atoms with van der Waals surface area (Å²) >= 11 is 0. The van der Waals surface area contributed by atoms with Crippen molar-refractivity contribution in [2.45, 2.75) is 64.0 Å². The van der Waals surface area contributed by atoms with Gasteiger partial charge < -0.3 is 15.2 Å². The zero-order valence-corrected chi connectivity index (χ0v) is 13.6. The fraction of sp³-hybridized carbons (Fsp3) is 0.611. The summed E-state index contributed by atoms with van der Waals surface area (Å²) in [4.78, 5) is 12.2. The SMILES string of the molecule is CCOc1ccc(C(C)NC(=O)CC2(O)CCCCC2)cc1. The zero-order valence-electron chi connectivity index (χ0n) is 13.6. The van der Waals surface area contributed by atoms with Crippen LogP contribution >= 0.6 is 0 Å². The standard InChI is InChI=1S/C18H27NO3/c1-3-22-16-9-7-15(8-10-16)14(2)19-17(20)13-18(21)11-5-4-6-12-18/h7-10,14,21H,3-6,11-13H2,1-2H3,(H,19,20). The van der Waals surface area contributed by atoms with Gasteiger partial charge in [0.05, 0.1) is 24.7 Å². The van der Waals surface area contributed by atoms with Crippen molar-refractivity contribution >= 4 is 5.91 Å². The van der Waals surface area contributed by atoms with E-state index in [9.17, 15) is 9.90 Å². The number of aliphatic hydroxyl groups is 1. The molecule has 4 nitrogen and oxygen atoms in total. The summed E-state index contributed by atoms with van der Waals surface area (Å²) in [5, 5.41) is 13.4.